The molecule has 7 heteroatoms. The Morgan fingerprint density at radius 2 is 2.03 bits per heavy atom. The number of carbonyl (C=O) groups excluding carboxylic acids is 1. The molecule has 5 rings (SSSR count). The number of nitrogens with zero attached hydrogens (tertiary/aromatic N) is 2. The monoisotopic (exact) mass is 405 g/mol. The van der Waals surface area contributed by atoms with Gasteiger partial charge in [-0.1, -0.05) is 24.3 Å². The molecule has 0 spiro atoms. The van der Waals surface area contributed by atoms with Crippen LogP contribution in [0.2, 0.25) is 0 Å². The SMILES string of the molecule is COc1ccc([C@@H]2c3c(-c4ccccc4O)n[nH]c3C(=O)N2C[C@@H]2CCCO2)cc1. The summed E-state index contributed by atoms with van der Waals surface area (Å²) in [6.45, 7) is 1.24. The van der Waals surface area contributed by atoms with Gasteiger partial charge in [0, 0.05) is 24.3 Å². The van der Waals surface area contributed by atoms with E-state index in [0.717, 1.165) is 36.3 Å². The van der Waals surface area contributed by atoms with E-state index in [1.807, 2.05) is 41.3 Å². The average molecular weight is 405 g/mol. The lowest BCUT2D eigenvalue weighted by atomic mass is 9.95. The second-order valence-electron chi connectivity index (χ2n) is 7.65. The van der Waals surface area contributed by atoms with Crippen molar-refractivity contribution in [2.75, 3.05) is 20.3 Å². The largest absolute Gasteiger partial charge is 0.507 e. The number of phenolic OH excluding ortho intramolecular Hbond substituents is 1. The summed E-state index contributed by atoms with van der Waals surface area (Å²) in [5, 5.41) is 17.7. The van der Waals surface area contributed by atoms with Crippen LogP contribution in [0.25, 0.3) is 11.3 Å². The summed E-state index contributed by atoms with van der Waals surface area (Å²) in [6, 6.07) is 14.4. The zero-order chi connectivity index (χ0) is 20.7. The number of H-pyrrole nitrogens is 1. The Hall–Kier alpha value is -3.32. The minimum atomic E-state index is -0.323. The summed E-state index contributed by atoms with van der Waals surface area (Å²) >= 11 is 0. The van der Waals surface area contributed by atoms with Crippen molar-refractivity contribution in [3.05, 3.63) is 65.4 Å². The zero-order valence-electron chi connectivity index (χ0n) is 16.7. The molecule has 2 aliphatic heterocycles. The van der Waals surface area contributed by atoms with E-state index in [-0.39, 0.29) is 23.8 Å². The predicted octanol–water partition coefficient (Wildman–Crippen LogP) is 3.52. The van der Waals surface area contributed by atoms with Gasteiger partial charge in [-0.3, -0.25) is 9.89 Å². The minimum Gasteiger partial charge on any atom is -0.507 e. The molecule has 2 aliphatic rings. The quantitative estimate of drug-likeness (QED) is 0.678. The smallest absolute Gasteiger partial charge is 0.273 e. The van der Waals surface area contributed by atoms with E-state index in [1.54, 1.807) is 19.2 Å². The van der Waals surface area contributed by atoms with Gasteiger partial charge in [-0.05, 0) is 42.7 Å². The lowest BCUT2D eigenvalue weighted by Gasteiger charge is -2.28. The summed E-state index contributed by atoms with van der Waals surface area (Å²) < 4.78 is 11.1. The molecule has 3 heterocycles. The van der Waals surface area contributed by atoms with Crippen molar-refractivity contribution in [1.29, 1.82) is 0 Å². The third-order valence-electron chi connectivity index (χ3n) is 5.88. The van der Waals surface area contributed by atoms with Crippen LogP contribution < -0.4 is 4.74 Å². The van der Waals surface area contributed by atoms with Crippen LogP contribution in [0.1, 0.15) is 40.5 Å². The molecule has 1 fully saturated rings. The maximum atomic E-state index is 13.3. The molecule has 0 bridgehead atoms. The Bertz CT molecular complexity index is 1070. The van der Waals surface area contributed by atoms with Gasteiger partial charge in [0.15, 0.2) is 0 Å². The Labute approximate surface area is 174 Å². The third-order valence-corrected chi connectivity index (χ3v) is 5.88. The lowest BCUT2D eigenvalue weighted by molar-refractivity contribution is 0.0495. The number of benzene rings is 2. The molecular weight excluding hydrogens is 382 g/mol. The van der Waals surface area contributed by atoms with Crippen molar-refractivity contribution in [1.82, 2.24) is 15.1 Å². The number of nitrogens with one attached hydrogen (secondary N) is 1. The Morgan fingerprint density at radius 3 is 2.73 bits per heavy atom. The number of rotatable bonds is 5. The first-order valence-electron chi connectivity index (χ1n) is 10.1. The Kier molecular flexibility index (Phi) is 4.67. The second kappa shape index (κ2) is 7.50. The van der Waals surface area contributed by atoms with Gasteiger partial charge in [0.1, 0.15) is 22.9 Å². The molecule has 0 unspecified atom stereocenters. The Balaban J connectivity index is 1.62. The highest BCUT2D eigenvalue weighted by Crippen LogP contribution is 2.44. The molecule has 7 nitrogen and oxygen atoms in total. The van der Waals surface area contributed by atoms with Crippen molar-refractivity contribution in [2.45, 2.75) is 25.0 Å². The van der Waals surface area contributed by atoms with Gasteiger partial charge in [0.2, 0.25) is 0 Å². The third kappa shape index (κ3) is 3.02. The molecule has 1 saturated heterocycles. The van der Waals surface area contributed by atoms with Gasteiger partial charge in [0.05, 0.1) is 19.3 Å². The maximum absolute atomic E-state index is 13.3. The first-order chi connectivity index (χ1) is 14.7. The highest BCUT2D eigenvalue weighted by molar-refractivity contribution is 6.00. The van der Waals surface area contributed by atoms with Gasteiger partial charge in [0.25, 0.3) is 5.91 Å². The fourth-order valence-electron chi connectivity index (χ4n) is 4.40. The van der Waals surface area contributed by atoms with Crippen LogP contribution in [0, 0.1) is 0 Å². The molecule has 30 heavy (non-hydrogen) atoms. The average Bonchev–Trinajstić information content (AvgIpc) is 3.49. The van der Waals surface area contributed by atoms with Gasteiger partial charge in [-0.25, -0.2) is 0 Å². The molecule has 0 radical (unpaired) electrons. The van der Waals surface area contributed by atoms with Crippen LogP contribution >= 0.6 is 0 Å². The van der Waals surface area contributed by atoms with Crippen molar-refractivity contribution in [3.63, 3.8) is 0 Å². The first-order valence-corrected chi connectivity index (χ1v) is 10.1. The highest BCUT2D eigenvalue weighted by Gasteiger charge is 2.43. The number of aromatic hydroxyl groups is 1. The number of hydrogen-bond donors (Lipinski definition) is 2. The molecule has 2 N–H and O–H groups in total. The van der Waals surface area contributed by atoms with E-state index in [4.69, 9.17) is 9.47 Å². The highest BCUT2D eigenvalue weighted by atomic mass is 16.5. The summed E-state index contributed by atoms with van der Waals surface area (Å²) in [5.41, 5.74) is 3.39. The predicted molar refractivity (Wildman–Crippen MR) is 111 cm³/mol. The fourth-order valence-corrected chi connectivity index (χ4v) is 4.40. The number of aromatic nitrogens is 2. The van der Waals surface area contributed by atoms with E-state index >= 15 is 0 Å². The van der Waals surface area contributed by atoms with Gasteiger partial charge >= 0.3 is 0 Å². The van der Waals surface area contributed by atoms with E-state index in [0.29, 0.717) is 23.5 Å². The van der Waals surface area contributed by atoms with Crippen molar-refractivity contribution < 1.29 is 19.4 Å². The number of hydrogen-bond acceptors (Lipinski definition) is 5. The van der Waals surface area contributed by atoms with Crippen LogP contribution in [0.3, 0.4) is 0 Å². The zero-order valence-corrected chi connectivity index (χ0v) is 16.7. The van der Waals surface area contributed by atoms with Crippen LogP contribution in [0.15, 0.2) is 48.5 Å². The van der Waals surface area contributed by atoms with Gasteiger partial charge in [-0.2, -0.15) is 5.10 Å². The maximum Gasteiger partial charge on any atom is 0.273 e. The number of methoxy groups -OCH3 is 1. The van der Waals surface area contributed by atoms with Crippen LogP contribution in [-0.4, -0.2) is 52.5 Å². The minimum absolute atomic E-state index is 0.0280. The van der Waals surface area contributed by atoms with Gasteiger partial charge in [-0.15, -0.1) is 0 Å². The standard InChI is InChI=1S/C23H23N3O4/c1-29-15-10-8-14(9-11-15)22-19-20(17-6-2-3-7-18(17)27)24-25-21(19)23(28)26(22)13-16-5-4-12-30-16/h2-3,6-11,16,22,27H,4-5,12-13H2,1H3,(H,24,25)/t16-,22+/m0/s1. The van der Waals surface area contributed by atoms with Crippen LogP contribution in [-0.2, 0) is 4.74 Å². The van der Waals surface area contributed by atoms with E-state index in [9.17, 15) is 9.90 Å². The number of fused-ring (bicyclic) bond motifs is 1. The lowest BCUT2D eigenvalue weighted by Crippen LogP contribution is -2.36. The van der Waals surface area contributed by atoms with Crippen LogP contribution in [0.4, 0.5) is 0 Å². The van der Waals surface area contributed by atoms with Crippen molar-refractivity contribution in [3.8, 4) is 22.8 Å². The number of phenols is 1. The summed E-state index contributed by atoms with van der Waals surface area (Å²) in [5.74, 6) is 0.780. The van der Waals surface area contributed by atoms with Crippen LogP contribution in [0.5, 0.6) is 11.5 Å². The molecule has 3 aromatic rings. The summed E-state index contributed by atoms with van der Waals surface area (Å²) in [7, 11) is 1.63. The number of carbonyl (C=O) groups is 1. The second-order valence-corrected chi connectivity index (χ2v) is 7.65. The molecule has 2 atom stereocenters. The van der Waals surface area contributed by atoms with E-state index in [2.05, 4.69) is 10.2 Å². The summed E-state index contributed by atoms with van der Waals surface area (Å²) in [4.78, 5) is 15.2. The number of amides is 1. The molecule has 1 amide bonds. The molecular formula is C23H23N3O4. The van der Waals surface area contributed by atoms with E-state index in [1.165, 1.54) is 0 Å². The topological polar surface area (TPSA) is 87.7 Å². The summed E-state index contributed by atoms with van der Waals surface area (Å²) in [6.07, 6.45) is 1.98. The Morgan fingerprint density at radius 1 is 1.23 bits per heavy atom. The molecule has 154 valence electrons. The van der Waals surface area contributed by atoms with Gasteiger partial charge < -0.3 is 19.5 Å². The number of para-hydroxylation sites is 1. The fraction of sp³-hybridized carbons (Fsp3) is 0.304. The molecule has 2 aromatic carbocycles. The number of ether oxygens (including phenoxy) is 2. The first kappa shape index (κ1) is 18.7. The molecule has 0 saturated carbocycles. The molecule has 0 aliphatic carbocycles. The number of aromatic amines is 1. The molecule has 1 aromatic heterocycles. The van der Waals surface area contributed by atoms with Crippen molar-refractivity contribution >= 4 is 5.91 Å². The normalized spacial score (nSPS) is 20.6. The van der Waals surface area contributed by atoms with E-state index < -0.39 is 0 Å². The van der Waals surface area contributed by atoms with Crippen molar-refractivity contribution in [2.24, 2.45) is 0 Å².